The van der Waals surface area contributed by atoms with Gasteiger partial charge in [-0.3, -0.25) is 9.59 Å². The molecule has 0 saturated carbocycles. The van der Waals surface area contributed by atoms with Crippen LogP contribution in [-0.4, -0.2) is 66.5 Å². The van der Waals surface area contributed by atoms with Crippen molar-refractivity contribution in [1.29, 1.82) is 0 Å². The number of aryl methyl sites for hydroxylation is 2. The first-order valence-corrected chi connectivity index (χ1v) is 11.1. The van der Waals surface area contributed by atoms with Crippen molar-refractivity contribution in [2.24, 2.45) is 0 Å². The minimum absolute atomic E-state index is 0. The van der Waals surface area contributed by atoms with Gasteiger partial charge in [0.1, 0.15) is 5.75 Å². The smallest absolute Gasteiger partial charge is 0.260 e. The molecule has 3 heterocycles. The van der Waals surface area contributed by atoms with Gasteiger partial charge in [0.15, 0.2) is 6.61 Å². The highest BCUT2D eigenvalue weighted by molar-refractivity contribution is 5.95. The van der Waals surface area contributed by atoms with E-state index < -0.39 is 0 Å². The summed E-state index contributed by atoms with van der Waals surface area (Å²) in [6.07, 6.45) is 6.58. The van der Waals surface area contributed by atoms with Crippen LogP contribution < -0.4 is 10.1 Å². The normalized spacial score (nSPS) is 23.5. The highest BCUT2D eigenvalue weighted by atomic mass is 35.5. The lowest BCUT2D eigenvalue weighted by molar-refractivity contribution is -0.134. The van der Waals surface area contributed by atoms with E-state index in [2.05, 4.69) is 10.2 Å². The summed E-state index contributed by atoms with van der Waals surface area (Å²) in [5, 5.41) is 3.45. The zero-order valence-electron chi connectivity index (χ0n) is 18.1. The van der Waals surface area contributed by atoms with Crippen LogP contribution in [0, 0.1) is 13.8 Å². The molecule has 2 amide bonds. The SMILES string of the molecule is Cc1cc(C(=O)N2C3CCNCC2CC3)cc(C)c1OCC(=O)N1CCCCC1.Cl. The van der Waals surface area contributed by atoms with Crippen LogP contribution in [0.15, 0.2) is 12.1 Å². The quantitative estimate of drug-likeness (QED) is 0.789. The van der Waals surface area contributed by atoms with E-state index in [1.807, 2.05) is 30.9 Å². The lowest BCUT2D eigenvalue weighted by Gasteiger charge is -2.28. The molecule has 3 aliphatic rings. The summed E-state index contributed by atoms with van der Waals surface area (Å²) in [6, 6.07) is 4.50. The Hall–Kier alpha value is -1.79. The summed E-state index contributed by atoms with van der Waals surface area (Å²) in [5.74, 6) is 0.910. The van der Waals surface area contributed by atoms with Gasteiger partial charge in [-0.05, 0) is 82.2 Å². The number of hydrogen-bond acceptors (Lipinski definition) is 4. The number of hydrogen-bond donors (Lipinski definition) is 1. The third-order valence-electron chi connectivity index (χ3n) is 6.64. The maximum absolute atomic E-state index is 13.3. The van der Waals surface area contributed by atoms with Crippen molar-refractivity contribution >= 4 is 24.2 Å². The molecule has 3 saturated heterocycles. The lowest BCUT2D eigenvalue weighted by atomic mass is 10.0. The van der Waals surface area contributed by atoms with Crippen molar-refractivity contribution in [3.8, 4) is 5.75 Å². The molecule has 3 aliphatic heterocycles. The molecule has 0 spiro atoms. The second-order valence-electron chi connectivity index (χ2n) is 8.76. The molecule has 2 bridgehead atoms. The van der Waals surface area contributed by atoms with E-state index in [-0.39, 0.29) is 30.8 Å². The Morgan fingerprint density at radius 2 is 1.70 bits per heavy atom. The molecule has 1 N–H and O–H groups in total. The maximum Gasteiger partial charge on any atom is 0.260 e. The van der Waals surface area contributed by atoms with Crippen molar-refractivity contribution in [3.63, 3.8) is 0 Å². The number of nitrogens with zero attached hydrogens (tertiary/aromatic N) is 2. The van der Waals surface area contributed by atoms with E-state index in [1.165, 1.54) is 6.42 Å². The Morgan fingerprint density at radius 3 is 2.40 bits per heavy atom. The van der Waals surface area contributed by atoms with Gasteiger partial charge in [0.25, 0.3) is 11.8 Å². The van der Waals surface area contributed by atoms with Crippen molar-refractivity contribution in [2.75, 3.05) is 32.8 Å². The van der Waals surface area contributed by atoms with Crippen LogP contribution in [0.3, 0.4) is 0 Å². The Balaban J connectivity index is 0.00000256. The number of benzene rings is 1. The predicted molar refractivity (Wildman–Crippen MR) is 120 cm³/mol. The van der Waals surface area contributed by atoms with Gasteiger partial charge < -0.3 is 19.9 Å². The molecule has 1 aromatic rings. The van der Waals surface area contributed by atoms with Gasteiger partial charge in [0, 0.05) is 37.3 Å². The standard InChI is InChI=1S/C23H33N3O3.ClH/c1-16-12-18(23(28)26-19-6-7-20(26)14-24-9-8-19)13-17(2)22(16)29-15-21(27)25-10-4-3-5-11-25;/h12-13,19-20,24H,3-11,14-15H2,1-2H3;1H. The summed E-state index contributed by atoms with van der Waals surface area (Å²) >= 11 is 0. The van der Waals surface area contributed by atoms with Crippen molar-refractivity contribution < 1.29 is 14.3 Å². The average Bonchev–Trinajstić information content (AvgIpc) is 2.99. The van der Waals surface area contributed by atoms with Gasteiger partial charge in [0.2, 0.25) is 0 Å². The van der Waals surface area contributed by atoms with Crippen molar-refractivity contribution in [3.05, 3.63) is 28.8 Å². The monoisotopic (exact) mass is 435 g/mol. The van der Waals surface area contributed by atoms with E-state index in [0.29, 0.717) is 12.1 Å². The van der Waals surface area contributed by atoms with E-state index >= 15 is 0 Å². The second kappa shape index (κ2) is 10.0. The zero-order chi connectivity index (χ0) is 20.4. The number of ether oxygens (including phenoxy) is 1. The molecule has 4 rings (SSSR count). The van der Waals surface area contributed by atoms with E-state index in [1.54, 1.807) is 0 Å². The summed E-state index contributed by atoms with van der Waals surface area (Å²) in [7, 11) is 0. The number of carbonyl (C=O) groups is 2. The molecule has 0 aromatic heterocycles. The molecule has 3 fully saturated rings. The lowest BCUT2D eigenvalue weighted by Crippen LogP contribution is -2.42. The van der Waals surface area contributed by atoms with Gasteiger partial charge in [0.05, 0.1) is 0 Å². The molecule has 0 aliphatic carbocycles. The number of nitrogens with one attached hydrogen (secondary N) is 1. The van der Waals surface area contributed by atoms with Gasteiger partial charge >= 0.3 is 0 Å². The van der Waals surface area contributed by atoms with Crippen LogP contribution in [0.4, 0.5) is 0 Å². The molecule has 6 nitrogen and oxygen atoms in total. The van der Waals surface area contributed by atoms with Crippen LogP contribution >= 0.6 is 12.4 Å². The molecule has 0 radical (unpaired) electrons. The topological polar surface area (TPSA) is 61.9 Å². The van der Waals surface area contributed by atoms with Gasteiger partial charge in [-0.25, -0.2) is 0 Å². The molecule has 7 heteroatoms. The van der Waals surface area contributed by atoms with E-state index in [4.69, 9.17) is 4.74 Å². The van der Waals surface area contributed by atoms with Crippen LogP contribution in [0.2, 0.25) is 0 Å². The first-order chi connectivity index (χ1) is 14.0. The van der Waals surface area contributed by atoms with E-state index in [0.717, 1.165) is 80.7 Å². The number of amides is 2. The fourth-order valence-electron chi connectivity index (χ4n) is 5.13. The number of halogens is 1. The van der Waals surface area contributed by atoms with Gasteiger partial charge in [-0.15, -0.1) is 12.4 Å². The molecule has 30 heavy (non-hydrogen) atoms. The molecular weight excluding hydrogens is 402 g/mol. The highest BCUT2D eigenvalue weighted by Gasteiger charge is 2.38. The minimum Gasteiger partial charge on any atom is -0.483 e. The summed E-state index contributed by atoms with van der Waals surface area (Å²) in [6.45, 7) is 7.53. The summed E-state index contributed by atoms with van der Waals surface area (Å²) < 4.78 is 5.91. The largest absolute Gasteiger partial charge is 0.483 e. The number of rotatable bonds is 4. The second-order valence-corrected chi connectivity index (χ2v) is 8.76. The van der Waals surface area contributed by atoms with Crippen LogP contribution in [0.1, 0.15) is 60.0 Å². The Morgan fingerprint density at radius 1 is 1.03 bits per heavy atom. The Bertz CT molecular complexity index is 742. The molecule has 166 valence electrons. The summed E-state index contributed by atoms with van der Waals surface area (Å²) in [5.41, 5.74) is 2.56. The fourth-order valence-corrected chi connectivity index (χ4v) is 5.13. The minimum atomic E-state index is 0. The molecule has 1 aromatic carbocycles. The zero-order valence-corrected chi connectivity index (χ0v) is 18.9. The summed E-state index contributed by atoms with van der Waals surface area (Å²) in [4.78, 5) is 29.7. The van der Waals surface area contributed by atoms with Crippen molar-refractivity contribution in [2.45, 2.75) is 64.5 Å². The number of fused-ring (bicyclic) bond motifs is 2. The third-order valence-corrected chi connectivity index (χ3v) is 6.64. The Kier molecular flexibility index (Phi) is 7.64. The molecule has 2 unspecified atom stereocenters. The van der Waals surface area contributed by atoms with E-state index in [9.17, 15) is 9.59 Å². The number of likely N-dealkylation sites (tertiary alicyclic amines) is 1. The fraction of sp³-hybridized carbons (Fsp3) is 0.652. The number of piperidine rings is 1. The molecular formula is C23H34ClN3O3. The average molecular weight is 436 g/mol. The van der Waals surface area contributed by atoms with Crippen LogP contribution in [0.5, 0.6) is 5.75 Å². The first-order valence-electron chi connectivity index (χ1n) is 11.1. The highest BCUT2D eigenvalue weighted by Crippen LogP contribution is 2.32. The van der Waals surface area contributed by atoms with Gasteiger partial charge in [-0.1, -0.05) is 0 Å². The predicted octanol–water partition coefficient (Wildman–Crippen LogP) is 3.08. The van der Waals surface area contributed by atoms with Crippen LogP contribution in [-0.2, 0) is 4.79 Å². The first kappa shape index (κ1) is 22.9. The Labute approximate surface area is 185 Å². The maximum atomic E-state index is 13.3. The van der Waals surface area contributed by atoms with Crippen molar-refractivity contribution in [1.82, 2.24) is 15.1 Å². The molecule has 2 atom stereocenters. The third kappa shape index (κ3) is 4.75. The van der Waals surface area contributed by atoms with Gasteiger partial charge in [-0.2, -0.15) is 0 Å². The van der Waals surface area contributed by atoms with Crippen LogP contribution in [0.25, 0.3) is 0 Å². The number of carbonyl (C=O) groups excluding carboxylic acids is 2.